The summed E-state index contributed by atoms with van der Waals surface area (Å²) in [5.41, 5.74) is 1.04. The highest BCUT2D eigenvalue weighted by Gasteiger charge is 2.16. The Bertz CT molecular complexity index is 567. The van der Waals surface area contributed by atoms with Crippen LogP contribution in [0.1, 0.15) is 18.4 Å². The van der Waals surface area contributed by atoms with E-state index in [0.717, 1.165) is 12.1 Å². The van der Waals surface area contributed by atoms with E-state index in [1.54, 1.807) is 17.1 Å². The van der Waals surface area contributed by atoms with Crippen LogP contribution in [0.25, 0.3) is 0 Å². The van der Waals surface area contributed by atoms with Crippen molar-refractivity contribution in [3.63, 3.8) is 0 Å². The average molecular weight is 311 g/mol. The molecule has 20 heavy (non-hydrogen) atoms. The molecule has 1 aromatic carbocycles. The van der Waals surface area contributed by atoms with Crippen LogP contribution in [-0.4, -0.2) is 21.3 Å². The Labute approximate surface area is 128 Å². The van der Waals surface area contributed by atoms with Crippen LogP contribution >= 0.6 is 23.2 Å². The Morgan fingerprint density at radius 2 is 2.25 bits per heavy atom. The second-order valence-corrected chi connectivity index (χ2v) is 5.23. The Hall–Kier alpha value is -1.52. The predicted molar refractivity (Wildman–Crippen MR) is 82.0 cm³/mol. The molecule has 0 bridgehead atoms. The van der Waals surface area contributed by atoms with Crippen molar-refractivity contribution in [3.05, 3.63) is 58.7 Å². The van der Waals surface area contributed by atoms with E-state index in [4.69, 9.17) is 23.2 Å². The van der Waals surface area contributed by atoms with Gasteiger partial charge in [-0.05, 0) is 30.8 Å². The van der Waals surface area contributed by atoms with Crippen molar-refractivity contribution in [3.8, 4) is 0 Å². The number of aromatic nitrogens is 3. The molecule has 0 aliphatic carbocycles. The largest absolute Gasteiger partial charge is 0.390 e. The van der Waals surface area contributed by atoms with Crippen LogP contribution in [0.4, 0.5) is 0 Å². The van der Waals surface area contributed by atoms with Gasteiger partial charge in [0.15, 0.2) is 0 Å². The number of hydrogen-bond acceptors (Lipinski definition) is 3. The third kappa shape index (κ3) is 3.99. The summed E-state index contributed by atoms with van der Waals surface area (Å²) in [6.07, 6.45) is 7.10. The van der Waals surface area contributed by atoms with Gasteiger partial charge in [-0.25, -0.2) is 4.98 Å². The average Bonchev–Trinajstić information content (AvgIpc) is 2.91. The molecule has 0 aliphatic heterocycles. The molecule has 0 fully saturated rings. The van der Waals surface area contributed by atoms with Crippen molar-refractivity contribution < 1.29 is 0 Å². The maximum absolute atomic E-state index is 6.30. The summed E-state index contributed by atoms with van der Waals surface area (Å²) in [4.78, 5) is 3.97. The fourth-order valence-electron chi connectivity index (χ4n) is 1.99. The van der Waals surface area contributed by atoms with E-state index in [9.17, 15) is 0 Å². The lowest BCUT2D eigenvalue weighted by Crippen LogP contribution is -2.21. The Kier molecular flexibility index (Phi) is 5.44. The van der Waals surface area contributed by atoms with Gasteiger partial charge in [0.05, 0.1) is 6.54 Å². The molecule has 0 radical (unpaired) electrons. The standard InChI is InChI=1S/C14H16Cl2N4/c1-2-5-17-7-11(8-20-10-18-9-19-20)13-4-3-12(15)6-14(13)16/h2-6,9-11,17H,7-8H2,1H3/b5-2+. The van der Waals surface area contributed by atoms with E-state index in [1.165, 1.54) is 6.33 Å². The smallest absolute Gasteiger partial charge is 0.137 e. The Balaban J connectivity index is 2.20. The van der Waals surface area contributed by atoms with Gasteiger partial charge in [-0.3, -0.25) is 4.68 Å². The SMILES string of the molecule is C/C=C/NCC(Cn1cncn1)c1ccc(Cl)cc1Cl. The molecule has 4 nitrogen and oxygen atoms in total. The minimum Gasteiger partial charge on any atom is -0.390 e. The van der Waals surface area contributed by atoms with E-state index in [1.807, 2.05) is 31.3 Å². The van der Waals surface area contributed by atoms with E-state index in [-0.39, 0.29) is 5.92 Å². The van der Waals surface area contributed by atoms with Crippen LogP contribution in [0.5, 0.6) is 0 Å². The predicted octanol–water partition coefficient (Wildman–Crippen LogP) is 3.49. The first-order valence-corrected chi connectivity index (χ1v) is 7.08. The summed E-state index contributed by atoms with van der Waals surface area (Å²) in [5, 5.41) is 8.71. The van der Waals surface area contributed by atoms with Gasteiger partial charge < -0.3 is 5.32 Å². The third-order valence-corrected chi connectivity index (χ3v) is 3.49. The molecule has 2 aromatic rings. The molecule has 1 aromatic heterocycles. The minimum atomic E-state index is 0.178. The third-order valence-electron chi connectivity index (χ3n) is 2.93. The summed E-state index contributed by atoms with van der Waals surface area (Å²) in [6, 6.07) is 5.58. The van der Waals surface area contributed by atoms with Crippen LogP contribution in [0.2, 0.25) is 10.0 Å². The molecule has 0 aliphatic rings. The number of nitrogens with zero attached hydrogens (tertiary/aromatic N) is 3. The van der Waals surface area contributed by atoms with E-state index in [0.29, 0.717) is 16.6 Å². The highest BCUT2D eigenvalue weighted by atomic mass is 35.5. The number of hydrogen-bond donors (Lipinski definition) is 1. The van der Waals surface area contributed by atoms with E-state index >= 15 is 0 Å². The molecule has 1 unspecified atom stereocenters. The van der Waals surface area contributed by atoms with Crippen LogP contribution in [0, 0.1) is 0 Å². The zero-order valence-electron chi connectivity index (χ0n) is 11.1. The number of rotatable bonds is 6. The van der Waals surface area contributed by atoms with Crippen molar-refractivity contribution in [2.24, 2.45) is 0 Å². The first kappa shape index (κ1) is 14.9. The highest BCUT2D eigenvalue weighted by molar-refractivity contribution is 6.35. The normalized spacial score (nSPS) is 12.8. The van der Waals surface area contributed by atoms with Crippen LogP contribution < -0.4 is 5.32 Å². The number of allylic oxidation sites excluding steroid dienone is 1. The summed E-state index contributed by atoms with van der Waals surface area (Å²) >= 11 is 12.3. The van der Waals surface area contributed by atoms with Crippen LogP contribution in [0.15, 0.2) is 43.1 Å². The molecule has 6 heteroatoms. The summed E-state index contributed by atoms with van der Waals surface area (Å²) in [5.74, 6) is 0.178. The maximum Gasteiger partial charge on any atom is 0.137 e. The van der Waals surface area contributed by atoms with Gasteiger partial charge in [0.25, 0.3) is 0 Å². The lowest BCUT2D eigenvalue weighted by Gasteiger charge is -2.19. The first-order valence-electron chi connectivity index (χ1n) is 6.32. The lowest BCUT2D eigenvalue weighted by atomic mass is 9.99. The Morgan fingerprint density at radius 3 is 2.90 bits per heavy atom. The first-order chi connectivity index (χ1) is 9.70. The zero-order valence-corrected chi connectivity index (χ0v) is 12.6. The van der Waals surface area contributed by atoms with Crippen molar-refractivity contribution in [2.45, 2.75) is 19.4 Å². The molecule has 106 valence electrons. The van der Waals surface area contributed by atoms with Crippen molar-refractivity contribution in [2.75, 3.05) is 6.54 Å². The minimum absolute atomic E-state index is 0.178. The second-order valence-electron chi connectivity index (χ2n) is 4.39. The van der Waals surface area contributed by atoms with Crippen LogP contribution in [-0.2, 0) is 6.54 Å². The van der Waals surface area contributed by atoms with Gasteiger partial charge in [-0.1, -0.05) is 35.3 Å². The number of halogens is 2. The van der Waals surface area contributed by atoms with Gasteiger partial charge in [0, 0.05) is 22.5 Å². The molecule has 1 N–H and O–H groups in total. The van der Waals surface area contributed by atoms with E-state index < -0.39 is 0 Å². The molecule has 0 spiro atoms. The molecule has 1 atom stereocenters. The van der Waals surface area contributed by atoms with Gasteiger partial charge in [0.1, 0.15) is 12.7 Å². The quantitative estimate of drug-likeness (QED) is 0.888. The molecule has 1 heterocycles. The summed E-state index contributed by atoms with van der Waals surface area (Å²) < 4.78 is 1.80. The molecular formula is C14H16Cl2N4. The van der Waals surface area contributed by atoms with Crippen molar-refractivity contribution >= 4 is 23.2 Å². The number of benzene rings is 1. The molecule has 0 saturated carbocycles. The topological polar surface area (TPSA) is 42.7 Å². The van der Waals surface area contributed by atoms with Gasteiger partial charge in [-0.2, -0.15) is 5.10 Å². The maximum atomic E-state index is 6.30. The monoisotopic (exact) mass is 310 g/mol. The molecule has 0 saturated heterocycles. The summed E-state index contributed by atoms with van der Waals surface area (Å²) in [7, 11) is 0. The van der Waals surface area contributed by atoms with Gasteiger partial charge >= 0.3 is 0 Å². The molecular weight excluding hydrogens is 295 g/mol. The molecule has 2 rings (SSSR count). The zero-order chi connectivity index (χ0) is 14.4. The fourth-order valence-corrected chi connectivity index (χ4v) is 2.55. The van der Waals surface area contributed by atoms with Crippen molar-refractivity contribution in [1.29, 1.82) is 0 Å². The van der Waals surface area contributed by atoms with Gasteiger partial charge in [-0.15, -0.1) is 0 Å². The highest BCUT2D eigenvalue weighted by Crippen LogP contribution is 2.28. The summed E-state index contributed by atoms with van der Waals surface area (Å²) in [6.45, 7) is 3.42. The number of nitrogens with one attached hydrogen (secondary N) is 1. The lowest BCUT2D eigenvalue weighted by molar-refractivity contribution is 0.502. The van der Waals surface area contributed by atoms with Gasteiger partial charge in [0.2, 0.25) is 0 Å². The van der Waals surface area contributed by atoms with Crippen molar-refractivity contribution in [1.82, 2.24) is 20.1 Å². The van der Waals surface area contributed by atoms with E-state index in [2.05, 4.69) is 15.4 Å². The molecule has 0 amide bonds. The fraction of sp³-hybridized carbons (Fsp3) is 0.286. The Morgan fingerprint density at radius 1 is 1.40 bits per heavy atom. The second kappa shape index (κ2) is 7.31. The van der Waals surface area contributed by atoms with Crippen LogP contribution in [0.3, 0.4) is 0 Å².